The van der Waals surface area contributed by atoms with Gasteiger partial charge in [0.25, 0.3) is 0 Å². The minimum Gasteiger partial charge on any atom is -0.509 e. The molecule has 0 aliphatic carbocycles. The molecule has 1 aliphatic heterocycles. The van der Waals surface area contributed by atoms with Crippen LogP contribution in [0.3, 0.4) is 0 Å². The van der Waals surface area contributed by atoms with Crippen molar-refractivity contribution in [3.05, 3.63) is 40.4 Å². The van der Waals surface area contributed by atoms with Crippen LogP contribution in [-0.4, -0.2) is 40.5 Å². The highest BCUT2D eigenvalue weighted by Gasteiger charge is 2.36. The molecule has 0 bridgehead atoms. The second-order valence-electron chi connectivity index (χ2n) is 6.60. The number of hydrogen-bond acceptors (Lipinski definition) is 5. The van der Waals surface area contributed by atoms with Crippen molar-refractivity contribution in [2.24, 2.45) is 5.92 Å². The van der Waals surface area contributed by atoms with Crippen LogP contribution in [-0.2, 0) is 0 Å². The molecule has 1 unspecified atom stereocenters. The fourth-order valence-corrected chi connectivity index (χ4v) is 3.85. The average Bonchev–Trinajstić information content (AvgIpc) is 3.15. The third kappa shape index (κ3) is 3.26. The molecule has 5 nitrogen and oxygen atoms in total. The number of aliphatic hydroxyl groups excluding tert-OH is 1. The molecule has 2 aromatic rings. The lowest BCUT2D eigenvalue weighted by atomic mass is 10.1. The number of ether oxygens (including phenoxy) is 1. The van der Waals surface area contributed by atoms with Gasteiger partial charge in [0.05, 0.1) is 24.4 Å². The molecule has 2 heterocycles. The van der Waals surface area contributed by atoms with Gasteiger partial charge in [-0.15, -0.1) is 11.3 Å². The monoisotopic (exact) mass is 357 g/mol. The Morgan fingerprint density at radius 3 is 2.84 bits per heavy atom. The van der Waals surface area contributed by atoms with E-state index >= 15 is 0 Å². The quantitative estimate of drug-likeness (QED) is 0.831. The first-order valence-electron chi connectivity index (χ1n) is 8.31. The molecular weight excluding hydrogens is 334 g/mol. The highest BCUT2D eigenvalue weighted by Crippen LogP contribution is 2.35. The van der Waals surface area contributed by atoms with E-state index in [2.05, 4.69) is 18.8 Å². The summed E-state index contributed by atoms with van der Waals surface area (Å²) in [5.74, 6) is 1.78. The number of rotatable bonds is 5. The maximum absolute atomic E-state index is 10.6. The molecule has 0 saturated carbocycles. The predicted molar refractivity (Wildman–Crippen MR) is 102 cm³/mol. The molecular formula is C19H23N3O2S. The Kier molecular flexibility index (Phi) is 4.81. The van der Waals surface area contributed by atoms with E-state index in [9.17, 15) is 5.11 Å². The van der Waals surface area contributed by atoms with Crippen molar-refractivity contribution < 1.29 is 9.84 Å². The van der Waals surface area contributed by atoms with Gasteiger partial charge in [0.15, 0.2) is 0 Å². The van der Waals surface area contributed by atoms with E-state index in [4.69, 9.17) is 10.1 Å². The summed E-state index contributed by atoms with van der Waals surface area (Å²) in [6.45, 7) is 6.89. The molecule has 132 valence electrons. The molecule has 0 fully saturated rings. The second-order valence-corrected chi connectivity index (χ2v) is 7.46. The van der Waals surface area contributed by atoms with E-state index in [0.717, 1.165) is 23.6 Å². The van der Waals surface area contributed by atoms with Crippen LogP contribution in [0.25, 0.3) is 16.8 Å². The number of methoxy groups -OCH3 is 1. The highest BCUT2D eigenvalue weighted by atomic mass is 32.1. The summed E-state index contributed by atoms with van der Waals surface area (Å²) in [7, 11) is 1.64. The van der Waals surface area contributed by atoms with Crippen molar-refractivity contribution in [2.45, 2.75) is 26.8 Å². The van der Waals surface area contributed by atoms with E-state index in [0.29, 0.717) is 22.3 Å². The normalized spacial score (nSPS) is 17.7. The van der Waals surface area contributed by atoms with Crippen LogP contribution in [0.5, 0.6) is 5.75 Å². The molecule has 0 amide bonds. The highest BCUT2D eigenvalue weighted by molar-refractivity contribution is 7.11. The Morgan fingerprint density at radius 2 is 2.16 bits per heavy atom. The third-order valence-corrected chi connectivity index (χ3v) is 5.15. The molecule has 1 atom stereocenters. The largest absolute Gasteiger partial charge is 0.509 e. The fraction of sp³-hybridized carbons (Fsp3) is 0.368. The number of hydrogen-bond donors (Lipinski definition) is 2. The third-order valence-electron chi connectivity index (χ3n) is 4.29. The van der Waals surface area contributed by atoms with Crippen molar-refractivity contribution >= 4 is 22.7 Å². The Bertz CT molecular complexity index is 826. The summed E-state index contributed by atoms with van der Waals surface area (Å²) >= 11 is 1.45. The molecule has 0 radical (unpaired) electrons. The Morgan fingerprint density at radius 1 is 1.40 bits per heavy atom. The van der Waals surface area contributed by atoms with Gasteiger partial charge in [-0.2, -0.15) is 0 Å². The Labute approximate surface area is 152 Å². The molecule has 1 aromatic heterocycles. The van der Waals surface area contributed by atoms with Crippen LogP contribution in [0.2, 0.25) is 0 Å². The molecule has 0 spiro atoms. The second kappa shape index (κ2) is 6.88. The number of thiazole rings is 1. The standard InChI is InChI=1S/C19H23N3O2S/c1-11(2)9-22-12(3)17(23)16(18(22)20)19-21-15(10-25-19)13-6-5-7-14(8-13)24-4/h5-8,10-12,20,23H,9H2,1-4H3. The van der Waals surface area contributed by atoms with Gasteiger partial charge >= 0.3 is 0 Å². The van der Waals surface area contributed by atoms with E-state index < -0.39 is 0 Å². The van der Waals surface area contributed by atoms with E-state index in [1.807, 2.05) is 41.5 Å². The first-order valence-corrected chi connectivity index (χ1v) is 9.19. The van der Waals surface area contributed by atoms with Gasteiger partial charge in [-0.3, -0.25) is 5.41 Å². The van der Waals surface area contributed by atoms with Gasteiger partial charge in [0.1, 0.15) is 22.4 Å². The minimum absolute atomic E-state index is 0.186. The number of benzene rings is 1. The van der Waals surface area contributed by atoms with Gasteiger partial charge < -0.3 is 14.7 Å². The zero-order chi connectivity index (χ0) is 18.1. The van der Waals surface area contributed by atoms with Crippen molar-refractivity contribution in [3.8, 4) is 17.0 Å². The summed E-state index contributed by atoms with van der Waals surface area (Å²) in [4.78, 5) is 6.60. The number of amidine groups is 1. The zero-order valence-electron chi connectivity index (χ0n) is 14.9. The van der Waals surface area contributed by atoms with Crippen LogP contribution < -0.4 is 4.74 Å². The molecule has 25 heavy (non-hydrogen) atoms. The number of nitrogens with zero attached hydrogens (tertiary/aromatic N) is 2. The maximum Gasteiger partial charge on any atom is 0.135 e. The first kappa shape index (κ1) is 17.5. The Balaban J connectivity index is 1.92. The van der Waals surface area contributed by atoms with E-state index in [1.54, 1.807) is 7.11 Å². The van der Waals surface area contributed by atoms with E-state index in [-0.39, 0.29) is 11.8 Å². The minimum atomic E-state index is -0.186. The number of nitrogens with one attached hydrogen (secondary N) is 1. The van der Waals surface area contributed by atoms with Gasteiger partial charge in [-0.1, -0.05) is 26.0 Å². The van der Waals surface area contributed by atoms with Gasteiger partial charge in [-0.25, -0.2) is 4.98 Å². The number of aromatic nitrogens is 1. The summed E-state index contributed by atoms with van der Waals surface area (Å²) in [6.07, 6.45) is 0. The first-order chi connectivity index (χ1) is 11.9. The molecule has 1 aliphatic rings. The fourth-order valence-electron chi connectivity index (χ4n) is 2.97. The summed E-state index contributed by atoms with van der Waals surface area (Å²) < 4.78 is 5.27. The SMILES string of the molecule is COc1cccc(-c2csc(C3=C(O)C(C)N(CC(C)C)C3=N)n2)c1. The van der Waals surface area contributed by atoms with Gasteiger partial charge in [0.2, 0.25) is 0 Å². The van der Waals surface area contributed by atoms with Crippen LogP contribution in [0.1, 0.15) is 25.8 Å². The number of aliphatic hydroxyl groups is 1. The van der Waals surface area contributed by atoms with E-state index in [1.165, 1.54) is 11.3 Å². The zero-order valence-corrected chi connectivity index (χ0v) is 15.7. The molecule has 2 N–H and O–H groups in total. The molecule has 3 rings (SSSR count). The predicted octanol–water partition coefficient (Wildman–Crippen LogP) is 4.43. The average molecular weight is 357 g/mol. The van der Waals surface area contributed by atoms with Crippen molar-refractivity contribution in [2.75, 3.05) is 13.7 Å². The van der Waals surface area contributed by atoms with Crippen LogP contribution in [0.4, 0.5) is 0 Å². The lowest BCUT2D eigenvalue weighted by Gasteiger charge is -2.25. The van der Waals surface area contributed by atoms with Crippen LogP contribution >= 0.6 is 11.3 Å². The van der Waals surface area contributed by atoms with Crippen molar-refractivity contribution in [3.63, 3.8) is 0 Å². The lowest BCUT2D eigenvalue weighted by molar-refractivity contribution is 0.267. The smallest absolute Gasteiger partial charge is 0.135 e. The van der Waals surface area contributed by atoms with Crippen molar-refractivity contribution in [1.29, 1.82) is 5.41 Å². The molecule has 6 heteroatoms. The van der Waals surface area contributed by atoms with Crippen LogP contribution in [0, 0.1) is 11.3 Å². The summed E-state index contributed by atoms with van der Waals surface area (Å²) in [5, 5.41) is 21.7. The maximum atomic E-state index is 10.6. The van der Waals surface area contributed by atoms with Crippen molar-refractivity contribution in [1.82, 2.24) is 9.88 Å². The van der Waals surface area contributed by atoms with Gasteiger partial charge in [-0.05, 0) is 25.0 Å². The topological polar surface area (TPSA) is 69.4 Å². The summed E-state index contributed by atoms with van der Waals surface area (Å²) in [6, 6.07) is 7.54. The summed E-state index contributed by atoms with van der Waals surface area (Å²) in [5.41, 5.74) is 2.33. The Hall–Kier alpha value is -2.34. The lowest BCUT2D eigenvalue weighted by Crippen LogP contribution is -2.36. The molecule has 1 aromatic carbocycles. The van der Waals surface area contributed by atoms with Gasteiger partial charge in [0, 0.05) is 17.5 Å². The molecule has 0 saturated heterocycles. The van der Waals surface area contributed by atoms with Crippen LogP contribution in [0.15, 0.2) is 35.4 Å².